The minimum atomic E-state index is 0.379. The molecule has 0 aromatic rings. The topological polar surface area (TPSA) is 44.3 Å². The summed E-state index contributed by atoms with van der Waals surface area (Å²) in [4.78, 5) is 0. The molecule has 1 unspecified atom stereocenters. The number of nitrogens with one attached hydrogen (secondary N) is 2. The highest BCUT2D eigenvalue weighted by molar-refractivity contribution is 5.32. The Morgan fingerprint density at radius 2 is 2.56 bits per heavy atom. The monoisotopic (exact) mass is 124 g/mol. The van der Waals surface area contributed by atoms with Gasteiger partial charge in [-0.15, -0.1) is 0 Å². The Labute approximate surface area is 53.0 Å². The number of hydrazine groups is 1. The summed E-state index contributed by atoms with van der Waals surface area (Å²) in [7, 11) is 0. The van der Waals surface area contributed by atoms with Crippen LogP contribution in [-0.4, -0.2) is 11.7 Å². The van der Waals surface area contributed by atoms with Gasteiger partial charge >= 0.3 is 0 Å². The van der Waals surface area contributed by atoms with Crippen LogP contribution in [0.5, 0.6) is 0 Å². The first-order valence-electron chi connectivity index (χ1n) is 2.97. The zero-order valence-electron chi connectivity index (χ0n) is 4.89. The molecule has 3 nitrogen and oxygen atoms in total. The van der Waals surface area contributed by atoms with Gasteiger partial charge in [-0.2, -0.15) is 0 Å². The van der Waals surface area contributed by atoms with Crippen LogP contribution in [0.25, 0.3) is 0 Å². The van der Waals surface area contributed by atoms with Crippen LogP contribution in [0.2, 0.25) is 0 Å². The van der Waals surface area contributed by atoms with E-state index >= 15 is 0 Å². The molecule has 0 spiro atoms. The number of hydrogen-bond acceptors (Lipinski definition) is 3. The fourth-order valence-electron chi connectivity index (χ4n) is 1.17. The van der Waals surface area contributed by atoms with E-state index in [1.807, 2.05) is 6.08 Å². The van der Waals surface area contributed by atoms with E-state index in [0.717, 1.165) is 12.2 Å². The van der Waals surface area contributed by atoms with E-state index in [-0.39, 0.29) is 0 Å². The molecule has 1 heterocycles. The maximum Gasteiger partial charge on any atom is 0.114 e. The Hall–Kier alpha value is -0.960. The molecule has 0 aromatic carbocycles. The van der Waals surface area contributed by atoms with Crippen LogP contribution in [0.3, 0.4) is 0 Å². The van der Waals surface area contributed by atoms with Crippen molar-refractivity contribution in [3.63, 3.8) is 0 Å². The van der Waals surface area contributed by atoms with Gasteiger partial charge in [0.05, 0.1) is 0 Å². The Kier molecular flexibility index (Phi) is 0.818. The largest absolute Gasteiger partial charge is 0.508 e. The molecule has 1 saturated heterocycles. The fraction of sp³-hybridized carbons (Fsp3) is 0.333. The van der Waals surface area contributed by atoms with Crippen LogP contribution >= 0.6 is 0 Å². The molecule has 0 saturated carbocycles. The van der Waals surface area contributed by atoms with Crippen molar-refractivity contribution in [1.82, 2.24) is 10.9 Å². The van der Waals surface area contributed by atoms with Gasteiger partial charge in [0.2, 0.25) is 0 Å². The van der Waals surface area contributed by atoms with E-state index < -0.39 is 0 Å². The summed E-state index contributed by atoms with van der Waals surface area (Å²) >= 11 is 0. The van der Waals surface area contributed by atoms with Crippen molar-refractivity contribution < 1.29 is 5.11 Å². The van der Waals surface area contributed by atoms with Crippen molar-refractivity contribution in [3.8, 4) is 0 Å². The molecule has 3 N–H and O–H groups in total. The minimum Gasteiger partial charge on any atom is -0.508 e. The number of fused-ring (bicyclic) bond motifs is 1. The second kappa shape index (κ2) is 1.51. The standard InChI is InChI=1S/C6H8N2O/c9-5-1-4-3-7-8-6(4)2-5/h1-2,4,7-9H,3H2. The second-order valence-electron chi connectivity index (χ2n) is 2.30. The van der Waals surface area contributed by atoms with Crippen molar-refractivity contribution in [2.75, 3.05) is 6.54 Å². The molecule has 2 rings (SSSR count). The number of allylic oxidation sites excluding steroid dienone is 1. The van der Waals surface area contributed by atoms with E-state index in [1.54, 1.807) is 6.08 Å². The number of aliphatic hydroxyl groups excluding tert-OH is 1. The van der Waals surface area contributed by atoms with Crippen LogP contribution in [0.15, 0.2) is 23.6 Å². The third-order valence-electron chi connectivity index (χ3n) is 1.63. The molecular formula is C6H8N2O. The summed E-state index contributed by atoms with van der Waals surface area (Å²) < 4.78 is 0. The molecule has 0 radical (unpaired) electrons. The van der Waals surface area contributed by atoms with Crippen molar-refractivity contribution in [2.45, 2.75) is 0 Å². The summed E-state index contributed by atoms with van der Waals surface area (Å²) in [6.45, 7) is 0.885. The lowest BCUT2D eigenvalue weighted by atomic mass is 10.1. The SMILES string of the molecule is OC1=CC2CNNC2=C1. The molecule has 1 aliphatic carbocycles. The molecule has 0 amide bonds. The third-order valence-corrected chi connectivity index (χ3v) is 1.63. The van der Waals surface area contributed by atoms with Crippen LogP contribution in [-0.2, 0) is 0 Å². The average molecular weight is 124 g/mol. The highest BCUT2D eigenvalue weighted by atomic mass is 16.3. The molecule has 0 bridgehead atoms. The van der Waals surface area contributed by atoms with Crippen LogP contribution in [0.4, 0.5) is 0 Å². The molecule has 0 aromatic heterocycles. The maximum atomic E-state index is 8.95. The van der Waals surface area contributed by atoms with Gasteiger partial charge in [-0.3, -0.25) is 0 Å². The molecule has 1 fully saturated rings. The normalized spacial score (nSPS) is 30.9. The molecule has 1 aliphatic heterocycles. The smallest absolute Gasteiger partial charge is 0.114 e. The van der Waals surface area contributed by atoms with Crippen LogP contribution in [0.1, 0.15) is 0 Å². The molecular weight excluding hydrogens is 116 g/mol. The van der Waals surface area contributed by atoms with Crippen LogP contribution < -0.4 is 10.9 Å². The second-order valence-corrected chi connectivity index (χ2v) is 2.30. The highest BCUT2D eigenvalue weighted by Crippen LogP contribution is 2.22. The lowest BCUT2D eigenvalue weighted by Gasteiger charge is -1.93. The van der Waals surface area contributed by atoms with Crippen molar-refractivity contribution >= 4 is 0 Å². The highest BCUT2D eigenvalue weighted by Gasteiger charge is 2.22. The average Bonchev–Trinajstić information content (AvgIpc) is 2.22. The third kappa shape index (κ3) is 0.616. The predicted octanol–water partition coefficient (Wildman–Crippen LogP) is 0.0498. The lowest BCUT2D eigenvalue weighted by Crippen LogP contribution is -2.20. The van der Waals surface area contributed by atoms with Crippen molar-refractivity contribution in [2.24, 2.45) is 5.92 Å². The molecule has 48 valence electrons. The van der Waals surface area contributed by atoms with Gasteiger partial charge in [-0.1, -0.05) is 0 Å². The maximum absolute atomic E-state index is 8.95. The summed E-state index contributed by atoms with van der Waals surface area (Å²) in [6, 6.07) is 0. The van der Waals surface area contributed by atoms with Crippen molar-refractivity contribution in [1.29, 1.82) is 0 Å². The molecule has 9 heavy (non-hydrogen) atoms. The first-order chi connectivity index (χ1) is 4.36. The van der Waals surface area contributed by atoms with Gasteiger partial charge in [-0.25, -0.2) is 5.43 Å². The quantitative estimate of drug-likeness (QED) is 0.427. The van der Waals surface area contributed by atoms with E-state index in [9.17, 15) is 0 Å². The van der Waals surface area contributed by atoms with Gasteiger partial charge in [-0.05, 0) is 6.08 Å². The van der Waals surface area contributed by atoms with E-state index in [0.29, 0.717) is 11.7 Å². The molecule has 1 atom stereocenters. The summed E-state index contributed by atoms with van der Waals surface area (Å²) in [5.74, 6) is 0.758. The van der Waals surface area contributed by atoms with Gasteiger partial charge in [0.25, 0.3) is 0 Å². The van der Waals surface area contributed by atoms with Gasteiger partial charge in [0, 0.05) is 24.2 Å². The van der Waals surface area contributed by atoms with Gasteiger partial charge < -0.3 is 10.5 Å². The summed E-state index contributed by atoms with van der Waals surface area (Å²) in [5, 5.41) is 8.95. The first-order valence-corrected chi connectivity index (χ1v) is 2.97. The Morgan fingerprint density at radius 1 is 1.67 bits per heavy atom. The number of rotatable bonds is 0. The summed E-state index contributed by atoms with van der Waals surface area (Å²) in [6.07, 6.45) is 3.58. The zero-order valence-corrected chi connectivity index (χ0v) is 4.89. The van der Waals surface area contributed by atoms with Gasteiger partial charge in [0.1, 0.15) is 5.76 Å². The fourth-order valence-corrected chi connectivity index (χ4v) is 1.17. The Morgan fingerprint density at radius 3 is 3.33 bits per heavy atom. The van der Waals surface area contributed by atoms with E-state index in [2.05, 4.69) is 10.9 Å². The summed E-state index contributed by atoms with van der Waals surface area (Å²) in [5.41, 5.74) is 7.00. The molecule has 3 heteroatoms. The van der Waals surface area contributed by atoms with E-state index in [4.69, 9.17) is 5.11 Å². The first kappa shape index (κ1) is 4.88. The zero-order chi connectivity index (χ0) is 6.27. The lowest BCUT2D eigenvalue weighted by molar-refractivity contribution is 0.430. The van der Waals surface area contributed by atoms with E-state index in [1.165, 1.54) is 0 Å². The Bertz CT molecular complexity index is 195. The predicted molar refractivity (Wildman–Crippen MR) is 33.4 cm³/mol. The van der Waals surface area contributed by atoms with Crippen molar-refractivity contribution in [3.05, 3.63) is 23.6 Å². The number of aliphatic hydroxyl groups is 1. The molecule has 2 aliphatic rings. The van der Waals surface area contributed by atoms with Gasteiger partial charge in [0.15, 0.2) is 0 Å². The minimum absolute atomic E-state index is 0.379. The number of hydrogen-bond donors (Lipinski definition) is 3. The Balaban J connectivity index is 2.29. The van der Waals surface area contributed by atoms with Crippen LogP contribution in [0, 0.1) is 5.92 Å².